The van der Waals surface area contributed by atoms with E-state index in [1.807, 2.05) is 20.8 Å². The molecule has 1 rings (SSSR count). The minimum absolute atomic E-state index is 0.277. The smallest absolute Gasteiger partial charge is 0.407 e. The molecule has 0 saturated heterocycles. The van der Waals surface area contributed by atoms with E-state index in [9.17, 15) is 4.79 Å². The molecule has 0 aromatic rings. The highest BCUT2D eigenvalue weighted by molar-refractivity contribution is 5.67. The van der Waals surface area contributed by atoms with Crippen LogP contribution in [0.4, 0.5) is 4.79 Å². The van der Waals surface area contributed by atoms with Gasteiger partial charge in [-0.15, -0.1) is 0 Å². The Hall–Kier alpha value is -0.770. The molecule has 2 unspecified atom stereocenters. The van der Waals surface area contributed by atoms with E-state index >= 15 is 0 Å². The van der Waals surface area contributed by atoms with Crippen LogP contribution in [0, 0.1) is 11.8 Å². The Balaban J connectivity index is 2.08. The summed E-state index contributed by atoms with van der Waals surface area (Å²) in [6.07, 6.45) is 2.42. The standard InChI is InChI=1S/C14H28N2O2/c1-10(12-6-7-12)8-15-11(2)9-16-13(17)18-14(3,4)5/h10-12,15H,6-9H2,1-5H3,(H,16,17). The Bertz CT molecular complexity index is 269. The van der Waals surface area contributed by atoms with Crippen molar-refractivity contribution in [3.63, 3.8) is 0 Å². The quantitative estimate of drug-likeness (QED) is 0.768. The van der Waals surface area contributed by atoms with E-state index in [-0.39, 0.29) is 12.1 Å². The maximum Gasteiger partial charge on any atom is 0.407 e. The third-order valence-electron chi connectivity index (χ3n) is 3.17. The van der Waals surface area contributed by atoms with Crippen LogP contribution in [0.15, 0.2) is 0 Å². The lowest BCUT2D eigenvalue weighted by Crippen LogP contribution is -2.42. The molecule has 0 aromatic heterocycles. The van der Waals surface area contributed by atoms with Gasteiger partial charge in [-0.2, -0.15) is 0 Å². The minimum Gasteiger partial charge on any atom is -0.444 e. The Morgan fingerprint density at radius 2 is 1.89 bits per heavy atom. The zero-order chi connectivity index (χ0) is 13.8. The van der Waals surface area contributed by atoms with E-state index in [0.29, 0.717) is 6.54 Å². The SMILES string of the molecule is CC(CNC(=O)OC(C)(C)C)NCC(C)C1CC1. The first kappa shape index (κ1) is 15.3. The van der Waals surface area contributed by atoms with Gasteiger partial charge < -0.3 is 15.4 Å². The largest absolute Gasteiger partial charge is 0.444 e. The molecule has 0 aliphatic heterocycles. The maximum absolute atomic E-state index is 11.5. The van der Waals surface area contributed by atoms with Crippen molar-refractivity contribution in [2.24, 2.45) is 11.8 Å². The highest BCUT2D eigenvalue weighted by Gasteiger charge is 2.27. The van der Waals surface area contributed by atoms with E-state index < -0.39 is 5.60 Å². The van der Waals surface area contributed by atoms with Crippen LogP contribution in [0.25, 0.3) is 0 Å². The maximum atomic E-state index is 11.5. The Labute approximate surface area is 111 Å². The molecule has 1 aliphatic carbocycles. The fourth-order valence-corrected chi connectivity index (χ4v) is 1.84. The summed E-state index contributed by atoms with van der Waals surface area (Å²) in [5, 5.41) is 6.24. The van der Waals surface area contributed by atoms with Crippen molar-refractivity contribution in [1.82, 2.24) is 10.6 Å². The number of hydrogen-bond donors (Lipinski definition) is 2. The molecule has 4 nitrogen and oxygen atoms in total. The molecule has 106 valence electrons. The Kier molecular flexibility index (Phi) is 5.45. The van der Waals surface area contributed by atoms with Crippen LogP contribution in [0.3, 0.4) is 0 Å². The first-order chi connectivity index (χ1) is 8.28. The van der Waals surface area contributed by atoms with Crippen LogP contribution >= 0.6 is 0 Å². The second-order valence-electron chi connectivity index (χ2n) is 6.51. The number of rotatable bonds is 6. The van der Waals surface area contributed by atoms with Gasteiger partial charge in [0.15, 0.2) is 0 Å². The Morgan fingerprint density at radius 1 is 1.28 bits per heavy atom. The summed E-state index contributed by atoms with van der Waals surface area (Å²) in [5.41, 5.74) is -0.429. The molecule has 0 spiro atoms. The molecule has 4 heteroatoms. The van der Waals surface area contributed by atoms with Gasteiger partial charge in [0.25, 0.3) is 0 Å². The van der Waals surface area contributed by atoms with Crippen LogP contribution in [-0.2, 0) is 4.74 Å². The zero-order valence-electron chi connectivity index (χ0n) is 12.4. The fraction of sp³-hybridized carbons (Fsp3) is 0.929. The molecular formula is C14H28N2O2. The molecule has 1 amide bonds. The zero-order valence-corrected chi connectivity index (χ0v) is 12.4. The summed E-state index contributed by atoms with van der Waals surface area (Å²) in [5.74, 6) is 1.66. The lowest BCUT2D eigenvalue weighted by Gasteiger charge is -2.22. The van der Waals surface area contributed by atoms with E-state index in [1.165, 1.54) is 12.8 Å². The molecular weight excluding hydrogens is 228 g/mol. The normalized spacial score (nSPS) is 19.2. The van der Waals surface area contributed by atoms with Crippen molar-refractivity contribution in [3.8, 4) is 0 Å². The highest BCUT2D eigenvalue weighted by atomic mass is 16.6. The van der Waals surface area contributed by atoms with Gasteiger partial charge in [-0.3, -0.25) is 0 Å². The van der Waals surface area contributed by atoms with Gasteiger partial charge in [0, 0.05) is 12.6 Å². The Morgan fingerprint density at radius 3 is 2.39 bits per heavy atom. The van der Waals surface area contributed by atoms with E-state index in [1.54, 1.807) is 0 Å². The van der Waals surface area contributed by atoms with Crippen LogP contribution in [-0.4, -0.2) is 30.8 Å². The molecule has 1 saturated carbocycles. The molecule has 0 heterocycles. The lowest BCUT2D eigenvalue weighted by atomic mass is 10.1. The number of ether oxygens (including phenoxy) is 1. The molecule has 2 N–H and O–H groups in total. The van der Waals surface area contributed by atoms with Crippen LogP contribution in [0.2, 0.25) is 0 Å². The minimum atomic E-state index is -0.429. The summed E-state index contributed by atoms with van der Waals surface area (Å²) in [7, 11) is 0. The third-order valence-corrected chi connectivity index (χ3v) is 3.17. The van der Waals surface area contributed by atoms with Crippen LogP contribution in [0.5, 0.6) is 0 Å². The van der Waals surface area contributed by atoms with Gasteiger partial charge in [-0.05, 0) is 58.9 Å². The number of nitrogens with one attached hydrogen (secondary N) is 2. The molecule has 1 aliphatic rings. The van der Waals surface area contributed by atoms with Crippen molar-refractivity contribution < 1.29 is 9.53 Å². The summed E-state index contributed by atoms with van der Waals surface area (Å²) in [6.45, 7) is 11.6. The summed E-state index contributed by atoms with van der Waals surface area (Å²) >= 11 is 0. The van der Waals surface area contributed by atoms with Crippen molar-refractivity contribution in [1.29, 1.82) is 0 Å². The van der Waals surface area contributed by atoms with E-state index in [0.717, 1.165) is 18.4 Å². The van der Waals surface area contributed by atoms with Gasteiger partial charge in [-0.25, -0.2) is 4.79 Å². The predicted octanol–water partition coefficient (Wildman–Crippen LogP) is 2.54. The number of carbonyl (C=O) groups is 1. The fourth-order valence-electron chi connectivity index (χ4n) is 1.84. The van der Waals surface area contributed by atoms with Crippen LogP contribution < -0.4 is 10.6 Å². The topological polar surface area (TPSA) is 50.4 Å². The van der Waals surface area contributed by atoms with Crippen molar-refractivity contribution >= 4 is 6.09 Å². The van der Waals surface area contributed by atoms with Crippen molar-refractivity contribution in [2.75, 3.05) is 13.1 Å². The average Bonchev–Trinajstić information content (AvgIpc) is 3.04. The molecule has 2 atom stereocenters. The van der Waals surface area contributed by atoms with Gasteiger partial charge in [-0.1, -0.05) is 6.92 Å². The number of carbonyl (C=O) groups excluding carboxylic acids is 1. The second kappa shape index (κ2) is 6.41. The second-order valence-corrected chi connectivity index (χ2v) is 6.51. The number of alkyl carbamates (subject to hydrolysis) is 1. The molecule has 18 heavy (non-hydrogen) atoms. The molecule has 1 fully saturated rings. The predicted molar refractivity (Wildman–Crippen MR) is 73.6 cm³/mol. The lowest BCUT2D eigenvalue weighted by molar-refractivity contribution is 0.0523. The van der Waals surface area contributed by atoms with Crippen molar-refractivity contribution in [3.05, 3.63) is 0 Å². The van der Waals surface area contributed by atoms with E-state index in [4.69, 9.17) is 4.74 Å². The van der Waals surface area contributed by atoms with Gasteiger partial charge >= 0.3 is 6.09 Å². The third kappa shape index (κ3) is 6.84. The van der Waals surface area contributed by atoms with Gasteiger partial charge in [0.1, 0.15) is 5.60 Å². The van der Waals surface area contributed by atoms with Gasteiger partial charge in [0.2, 0.25) is 0 Å². The molecule has 0 bridgehead atoms. The first-order valence-electron chi connectivity index (χ1n) is 6.98. The van der Waals surface area contributed by atoms with E-state index in [2.05, 4.69) is 24.5 Å². The number of amides is 1. The van der Waals surface area contributed by atoms with Crippen molar-refractivity contribution in [2.45, 2.75) is 59.1 Å². The summed E-state index contributed by atoms with van der Waals surface area (Å²) < 4.78 is 5.18. The molecule has 0 radical (unpaired) electrons. The average molecular weight is 256 g/mol. The van der Waals surface area contributed by atoms with Gasteiger partial charge in [0.05, 0.1) is 0 Å². The first-order valence-corrected chi connectivity index (χ1v) is 6.98. The molecule has 0 aromatic carbocycles. The highest BCUT2D eigenvalue weighted by Crippen LogP contribution is 2.36. The summed E-state index contributed by atoms with van der Waals surface area (Å²) in [6, 6.07) is 0.277. The number of hydrogen-bond acceptors (Lipinski definition) is 3. The monoisotopic (exact) mass is 256 g/mol. The van der Waals surface area contributed by atoms with Crippen LogP contribution in [0.1, 0.15) is 47.5 Å². The summed E-state index contributed by atoms with van der Waals surface area (Å²) in [4.78, 5) is 11.5.